The zero-order valence-corrected chi connectivity index (χ0v) is 16.9. The van der Waals surface area contributed by atoms with Gasteiger partial charge in [-0.05, 0) is 41.8 Å². The molecule has 4 aromatic rings. The van der Waals surface area contributed by atoms with E-state index in [1.807, 2.05) is 41.2 Å². The molecule has 0 saturated heterocycles. The van der Waals surface area contributed by atoms with Crippen LogP contribution in [0.3, 0.4) is 0 Å². The number of carbonyl (C=O) groups excluding carboxylic acids is 1. The zero-order valence-electron chi connectivity index (χ0n) is 16.9. The van der Waals surface area contributed by atoms with Crippen molar-refractivity contribution in [1.29, 1.82) is 0 Å². The van der Waals surface area contributed by atoms with Gasteiger partial charge in [-0.25, -0.2) is 4.98 Å². The van der Waals surface area contributed by atoms with Gasteiger partial charge in [-0.3, -0.25) is 19.7 Å². The van der Waals surface area contributed by atoms with Gasteiger partial charge in [0, 0.05) is 47.6 Å². The molecule has 5 rings (SSSR count). The van der Waals surface area contributed by atoms with E-state index in [9.17, 15) is 4.79 Å². The Morgan fingerprint density at radius 2 is 2.00 bits per heavy atom. The number of Topliss-reactive ketones (excluding diaryl/α,β-unsaturated/α-hetero) is 1. The summed E-state index contributed by atoms with van der Waals surface area (Å²) >= 11 is 0. The van der Waals surface area contributed by atoms with Crippen LogP contribution >= 0.6 is 0 Å². The molecule has 0 N–H and O–H groups in total. The average molecular weight is 411 g/mol. The minimum atomic E-state index is 0.0785. The Labute approximate surface area is 179 Å². The van der Waals surface area contributed by atoms with E-state index in [4.69, 9.17) is 4.74 Å². The summed E-state index contributed by atoms with van der Waals surface area (Å²) in [5, 5.41) is 1.06. The first-order valence-corrected chi connectivity index (χ1v) is 10.2. The minimum Gasteiger partial charge on any atom is -0.377 e. The summed E-state index contributed by atoms with van der Waals surface area (Å²) < 4.78 is 7.34. The van der Waals surface area contributed by atoms with E-state index in [1.54, 1.807) is 24.8 Å². The number of fused-ring (bicyclic) bond motifs is 1. The van der Waals surface area contributed by atoms with Crippen LogP contribution in [0.25, 0.3) is 27.9 Å². The second kappa shape index (κ2) is 8.57. The summed E-state index contributed by atoms with van der Waals surface area (Å²) in [6.45, 7) is 1.63. The van der Waals surface area contributed by atoms with Crippen molar-refractivity contribution in [2.24, 2.45) is 0 Å². The van der Waals surface area contributed by atoms with E-state index in [2.05, 4.69) is 26.0 Å². The number of ether oxygens (including phenoxy) is 1. The monoisotopic (exact) mass is 411 g/mol. The maximum Gasteiger partial charge on any atom is 0.158 e. The fraction of sp³-hybridized carbons (Fsp3) is 0.208. The predicted molar refractivity (Wildman–Crippen MR) is 117 cm³/mol. The summed E-state index contributed by atoms with van der Waals surface area (Å²) in [4.78, 5) is 30.0. The lowest BCUT2D eigenvalue weighted by atomic mass is 10.00. The largest absolute Gasteiger partial charge is 0.377 e. The number of aromatic nitrogens is 5. The molecule has 4 aromatic heterocycles. The molecule has 154 valence electrons. The van der Waals surface area contributed by atoms with Gasteiger partial charge in [0.25, 0.3) is 0 Å². The molecule has 1 aliphatic rings. The highest BCUT2D eigenvalue weighted by Crippen LogP contribution is 2.28. The molecule has 0 bridgehead atoms. The Morgan fingerprint density at radius 3 is 2.77 bits per heavy atom. The standard InChI is InChI=1S/C24H21N5O2/c30-20(13-19-2-1-18(14-28-19)23-15-25-8-9-26-23)16-29-10-4-22-21(3-7-27-24(22)29)17-5-11-31-12-6-17/h1-5,7-10,14-15H,6,11-13,16H2. The molecule has 0 aromatic carbocycles. The molecule has 0 amide bonds. The number of rotatable bonds is 6. The number of pyridine rings is 2. The number of hydrogen-bond acceptors (Lipinski definition) is 6. The molecule has 0 saturated carbocycles. The molecule has 1 aliphatic heterocycles. The van der Waals surface area contributed by atoms with Gasteiger partial charge in [0.15, 0.2) is 5.78 Å². The third kappa shape index (κ3) is 4.13. The van der Waals surface area contributed by atoms with Gasteiger partial charge in [0.05, 0.1) is 38.1 Å². The van der Waals surface area contributed by atoms with E-state index in [-0.39, 0.29) is 18.7 Å². The SMILES string of the molecule is O=C(Cc1ccc(-c2cnccn2)cn1)Cn1ccc2c(C3=CCOCC3)ccnc21. The van der Waals surface area contributed by atoms with Gasteiger partial charge in [0.1, 0.15) is 5.65 Å². The van der Waals surface area contributed by atoms with E-state index in [0.29, 0.717) is 6.61 Å². The van der Waals surface area contributed by atoms with Crippen molar-refractivity contribution in [2.45, 2.75) is 19.4 Å². The van der Waals surface area contributed by atoms with Crippen LogP contribution in [0.4, 0.5) is 0 Å². The van der Waals surface area contributed by atoms with Crippen molar-refractivity contribution < 1.29 is 9.53 Å². The number of hydrogen-bond donors (Lipinski definition) is 0. The quantitative estimate of drug-likeness (QED) is 0.483. The molecular weight excluding hydrogens is 390 g/mol. The van der Waals surface area contributed by atoms with Crippen molar-refractivity contribution >= 4 is 22.4 Å². The van der Waals surface area contributed by atoms with Gasteiger partial charge in [-0.2, -0.15) is 0 Å². The second-order valence-corrected chi connectivity index (χ2v) is 7.44. The smallest absolute Gasteiger partial charge is 0.158 e. The van der Waals surface area contributed by atoms with Crippen LogP contribution < -0.4 is 0 Å². The number of ketones is 1. The third-order valence-corrected chi connectivity index (χ3v) is 5.38. The van der Waals surface area contributed by atoms with Crippen LogP contribution in [-0.4, -0.2) is 43.5 Å². The first kappa shape index (κ1) is 19.3. The van der Waals surface area contributed by atoms with Crippen molar-refractivity contribution in [3.63, 3.8) is 0 Å². The van der Waals surface area contributed by atoms with E-state index in [1.165, 1.54) is 11.1 Å². The molecule has 0 atom stereocenters. The Kier molecular flexibility index (Phi) is 5.33. The van der Waals surface area contributed by atoms with Crippen LogP contribution in [-0.2, 0) is 22.5 Å². The Morgan fingerprint density at radius 1 is 1.03 bits per heavy atom. The lowest BCUT2D eigenvalue weighted by Gasteiger charge is -2.14. The summed E-state index contributed by atoms with van der Waals surface area (Å²) in [5.74, 6) is 0.0785. The Hall–Kier alpha value is -3.71. The molecular formula is C24H21N5O2. The molecule has 0 unspecified atom stereocenters. The number of nitrogens with zero attached hydrogens (tertiary/aromatic N) is 5. The molecule has 7 nitrogen and oxygen atoms in total. The maximum atomic E-state index is 12.7. The van der Waals surface area contributed by atoms with E-state index in [0.717, 1.165) is 41.0 Å². The van der Waals surface area contributed by atoms with Gasteiger partial charge in [-0.15, -0.1) is 0 Å². The molecule has 7 heteroatoms. The zero-order chi connectivity index (χ0) is 21.0. The first-order valence-electron chi connectivity index (χ1n) is 10.2. The summed E-state index contributed by atoms with van der Waals surface area (Å²) in [6, 6.07) is 7.85. The van der Waals surface area contributed by atoms with Crippen molar-refractivity contribution in [3.8, 4) is 11.3 Å². The Balaban J connectivity index is 1.31. The second-order valence-electron chi connectivity index (χ2n) is 7.44. The lowest BCUT2D eigenvalue weighted by molar-refractivity contribution is -0.119. The number of carbonyl (C=O) groups is 1. The van der Waals surface area contributed by atoms with Gasteiger partial charge in [0.2, 0.25) is 0 Å². The van der Waals surface area contributed by atoms with Gasteiger partial charge >= 0.3 is 0 Å². The third-order valence-electron chi connectivity index (χ3n) is 5.38. The fourth-order valence-corrected chi connectivity index (χ4v) is 3.85. The minimum absolute atomic E-state index is 0.0785. The van der Waals surface area contributed by atoms with Crippen molar-refractivity contribution in [1.82, 2.24) is 24.5 Å². The van der Waals surface area contributed by atoms with Crippen LogP contribution in [0.1, 0.15) is 17.7 Å². The Bertz CT molecular complexity index is 1250. The molecule has 0 aliphatic carbocycles. The van der Waals surface area contributed by atoms with Crippen LogP contribution in [0.2, 0.25) is 0 Å². The summed E-state index contributed by atoms with van der Waals surface area (Å²) in [5.41, 5.74) is 5.63. The topological polar surface area (TPSA) is 82.8 Å². The van der Waals surface area contributed by atoms with Crippen LogP contribution in [0.5, 0.6) is 0 Å². The van der Waals surface area contributed by atoms with Gasteiger partial charge in [-0.1, -0.05) is 6.08 Å². The van der Waals surface area contributed by atoms with Crippen LogP contribution in [0.15, 0.2) is 67.5 Å². The van der Waals surface area contributed by atoms with Crippen molar-refractivity contribution in [2.75, 3.05) is 13.2 Å². The highest BCUT2D eigenvalue weighted by atomic mass is 16.5. The van der Waals surface area contributed by atoms with Crippen molar-refractivity contribution in [3.05, 3.63) is 78.8 Å². The molecule has 0 radical (unpaired) electrons. The fourth-order valence-electron chi connectivity index (χ4n) is 3.85. The highest BCUT2D eigenvalue weighted by molar-refractivity contribution is 5.91. The molecule has 0 fully saturated rings. The predicted octanol–water partition coefficient (Wildman–Crippen LogP) is 3.50. The maximum absolute atomic E-state index is 12.7. The molecule has 31 heavy (non-hydrogen) atoms. The molecule has 0 spiro atoms. The van der Waals surface area contributed by atoms with Gasteiger partial charge < -0.3 is 9.30 Å². The highest BCUT2D eigenvalue weighted by Gasteiger charge is 2.14. The average Bonchev–Trinajstić information content (AvgIpc) is 3.23. The van der Waals surface area contributed by atoms with E-state index >= 15 is 0 Å². The first-order chi connectivity index (χ1) is 15.3. The van der Waals surface area contributed by atoms with E-state index < -0.39 is 0 Å². The van der Waals surface area contributed by atoms with Crippen LogP contribution in [0, 0.1) is 0 Å². The normalized spacial score (nSPS) is 13.9. The lowest BCUT2D eigenvalue weighted by Crippen LogP contribution is -2.13. The summed E-state index contributed by atoms with van der Waals surface area (Å²) in [7, 11) is 0. The molecule has 5 heterocycles. The summed E-state index contributed by atoms with van der Waals surface area (Å²) in [6.07, 6.45) is 13.7.